The van der Waals surface area contributed by atoms with Gasteiger partial charge in [-0.3, -0.25) is 19.3 Å². The van der Waals surface area contributed by atoms with E-state index in [9.17, 15) is 18.0 Å². The van der Waals surface area contributed by atoms with Crippen LogP contribution in [0.2, 0.25) is 0 Å². The zero-order chi connectivity index (χ0) is 27.7. The molecule has 3 rings (SSSR count). The highest BCUT2D eigenvalue weighted by molar-refractivity contribution is 7.92. The van der Waals surface area contributed by atoms with Gasteiger partial charge in [-0.1, -0.05) is 20.8 Å². The molecular formula is C27H36N4O5S. The molecule has 0 atom stereocenters. The van der Waals surface area contributed by atoms with Crippen molar-refractivity contribution in [3.8, 4) is 5.75 Å². The fraction of sp³-hybridized carbons (Fsp3) is 0.444. The number of Topliss-reactive ketones (excluding diaryl/α,β-unsaturated/α-hetero) is 1. The van der Waals surface area contributed by atoms with Crippen molar-refractivity contribution in [3.63, 3.8) is 0 Å². The molecule has 0 unspecified atom stereocenters. The lowest BCUT2D eigenvalue weighted by molar-refractivity contribution is -0.119. The van der Waals surface area contributed by atoms with Crippen LogP contribution in [-0.2, 0) is 33.2 Å². The molecule has 9 nitrogen and oxygen atoms in total. The van der Waals surface area contributed by atoms with Crippen LogP contribution in [0.4, 0.5) is 5.69 Å². The number of fused-ring (bicyclic) bond motifs is 1. The number of benzene rings is 2. The number of rotatable bonds is 9. The number of sulfonamides is 1. The predicted molar refractivity (Wildman–Crippen MR) is 145 cm³/mol. The molecule has 2 N–H and O–H groups in total. The maximum Gasteiger partial charge on any atom is 0.231 e. The highest BCUT2D eigenvalue weighted by atomic mass is 32.2. The Bertz CT molecular complexity index is 1350. The van der Waals surface area contributed by atoms with E-state index in [2.05, 4.69) is 5.32 Å². The average Bonchev–Trinajstić information content (AvgIpc) is 3.11. The molecule has 0 radical (unpaired) electrons. The van der Waals surface area contributed by atoms with Gasteiger partial charge in [-0.05, 0) is 53.8 Å². The second-order valence-corrected chi connectivity index (χ2v) is 12.3. The van der Waals surface area contributed by atoms with E-state index in [1.165, 1.54) is 7.05 Å². The minimum absolute atomic E-state index is 0.0438. The first-order valence-electron chi connectivity index (χ1n) is 12.1. The van der Waals surface area contributed by atoms with Crippen LogP contribution in [0, 0.1) is 5.41 Å². The van der Waals surface area contributed by atoms with E-state index in [4.69, 9.17) is 10.1 Å². The van der Waals surface area contributed by atoms with Crippen LogP contribution in [0.1, 0.15) is 60.3 Å². The first-order chi connectivity index (χ1) is 17.1. The summed E-state index contributed by atoms with van der Waals surface area (Å²) >= 11 is 0. The van der Waals surface area contributed by atoms with Crippen LogP contribution in [0.5, 0.6) is 5.75 Å². The summed E-state index contributed by atoms with van der Waals surface area (Å²) in [5, 5.41) is 11.3. The quantitative estimate of drug-likeness (QED) is 0.483. The topological polar surface area (TPSA) is 120 Å². The van der Waals surface area contributed by atoms with Gasteiger partial charge in [0.1, 0.15) is 11.6 Å². The second kappa shape index (κ2) is 10.5. The number of ketones is 1. The van der Waals surface area contributed by atoms with E-state index in [1.54, 1.807) is 36.2 Å². The summed E-state index contributed by atoms with van der Waals surface area (Å²) < 4.78 is 31.3. The van der Waals surface area contributed by atoms with Gasteiger partial charge in [-0.25, -0.2) is 8.42 Å². The second-order valence-electron chi connectivity index (χ2n) is 10.3. The molecule has 1 amide bonds. The van der Waals surface area contributed by atoms with Gasteiger partial charge in [0.05, 0.1) is 31.5 Å². The van der Waals surface area contributed by atoms with Gasteiger partial charge in [-0.15, -0.1) is 0 Å². The van der Waals surface area contributed by atoms with Gasteiger partial charge < -0.3 is 15.0 Å². The number of nitrogens with zero attached hydrogens (tertiary/aromatic N) is 2. The van der Waals surface area contributed by atoms with Crippen molar-refractivity contribution in [2.45, 2.75) is 46.1 Å². The zero-order valence-corrected chi connectivity index (χ0v) is 23.4. The van der Waals surface area contributed by atoms with Crippen molar-refractivity contribution in [1.29, 1.82) is 5.41 Å². The highest BCUT2D eigenvalue weighted by Crippen LogP contribution is 2.32. The number of amides is 1. The predicted octanol–water partition coefficient (Wildman–Crippen LogP) is 3.09. The Morgan fingerprint density at radius 2 is 1.84 bits per heavy atom. The van der Waals surface area contributed by atoms with E-state index >= 15 is 0 Å². The molecule has 0 saturated heterocycles. The number of carbonyl (C=O) groups is 2. The maximum absolute atomic E-state index is 13.4. The van der Waals surface area contributed by atoms with Crippen LogP contribution in [-0.4, -0.2) is 64.3 Å². The largest absolute Gasteiger partial charge is 0.494 e. The van der Waals surface area contributed by atoms with E-state index in [1.807, 2.05) is 33.8 Å². The lowest BCUT2D eigenvalue weighted by Crippen LogP contribution is -2.31. The number of ether oxygens (including phenoxy) is 1. The van der Waals surface area contributed by atoms with Gasteiger partial charge in [-0.2, -0.15) is 0 Å². The van der Waals surface area contributed by atoms with Crippen molar-refractivity contribution in [1.82, 2.24) is 10.2 Å². The number of anilines is 1. The van der Waals surface area contributed by atoms with Gasteiger partial charge in [0, 0.05) is 37.3 Å². The fourth-order valence-corrected chi connectivity index (χ4v) is 4.63. The molecule has 1 aliphatic heterocycles. The molecule has 37 heavy (non-hydrogen) atoms. The standard InChI is InChI=1S/C27H36N4O5S/c1-8-36-24-12-19-15-31(26(28)22(19)11-18(24)13-25(33)29-5)16-23(32)17-9-20(27(2,3)4)14-21(10-17)30(6)37(7,34)35/h9-12,14,28H,8,13,15-16H2,1-7H3,(H,29,33). The minimum atomic E-state index is -3.51. The number of carbonyl (C=O) groups excluding carboxylic acids is 2. The normalized spacial score (nSPS) is 13.4. The Balaban J connectivity index is 1.92. The first-order valence-corrected chi connectivity index (χ1v) is 14.0. The van der Waals surface area contributed by atoms with Gasteiger partial charge in [0.15, 0.2) is 5.78 Å². The number of hydrogen-bond donors (Lipinski definition) is 2. The molecule has 0 aliphatic carbocycles. The molecule has 0 saturated carbocycles. The van der Waals surface area contributed by atoms with E-state index in [-0.39, 0.29) is 35.9 Å². The molecule has 10 heteroatoms. The first kappa shape index (κ1) is 28.2. The minimum Gasteiger partial charge on any atom is -0.494 e. The number of likely N-dealkylation sites (N-methyl/N-ethyl adjacent to an activating group) is 1. The van der Waals surface area contributed by atoms with E-state index < -0.39 is 10.0 Å². The number of nitrogens with one attached hydrogen (secondary N) is 2. The monoisotopic (exact) mass is 528 g/mol. The third kappa shape index (κ3) is 6.30. The molecule has 2 aromatic rings. The summed E-state index contributed by atoms with van der Waals surface area (Å²) in [7, 11) is -0.483. The van der Waals surface area contributed by atoms with Crippen LogP contribution < -0.4 is 14.4 Å². The molecule has 1 heterocycles. The summed E-state index contributed by atoms with van der Waals surface area (Å²) in [6.07, 6.45) is 1.25. The van der Waals surface area contributed by atoms with E-state index in [0.29, 0.717) is 41.3 Å². The SMILES string of the molecule is CCOc1cc2c(cc1CC(=O)NC)C(=N)N(CC(=O)c1cc(N(C)S(C)(=O)=O)cc(C(C)(C)C)c1)C2. The van der Waals surface area contributed by atoms with E-state index in [0.717, 1.165) is 21.7 Å². The molecule has 200 valence electrons. The summed E-state index contributed by atoms with van der Waals surface area (Å²) in [5.74, 6) is 0.413. The molecule has 0 fully saturated rings. The highest BCUT2D eigenvalue weighted by Gasteiger charge is 2.29. The Kier molecular flexibility index (Phi) is 8.02. The van der Waals surface area contributed by atoms with Gasteiger partial charge >= 0.3 is 0 Å². The lowest BCUT2D eigenvalue weighted by atomic mass is 9.85. The summed E-state index contributed by atoms with van der Waals surface area (Å²) in [6, 6.07) is 8.80. The summed E-state index contributed by atoms with van der Waals surface area (Å²) in [6.45, 7) is 8.62. The fourth-order valence-electron chi connectivity index (χ4n) is 4.14. The Morgan fingerprint density at radius 1 is 1.16 bits per heavy atom. The van der Waals surface area contributed by atoms with Crippen molar-refractivity contribution in [3.05, 3.63) is 58.1 Å². The summed E-state index contributed by atoms with van der Waals surface area (Å²) in [4.78, 5) is 27.1. The number of amidine groups is 1. The van der Waals surface area contributed by atoms with Crippen molar-refractivity contribution >= 4 is 33.2 Å². The third-order valence-corrected chi connectivity index (χ3v) is 7.66. The average molecular weight is 529 g/mol. The van der Waals surface area contributed by atoms with Crippen LogP contribution >= 0.6 is 0 Å². The Morgan fingerprint density at radius 3 is 2.41 bits per heavy atom. The molecule has 1 aliphatic rings. The van der Waals surface area contributed by atoms with Crippen LogP contribution in [0.25, 0.3) is 0 Å². The summed E-state index contributed by atoms with van der Waals surface area (Å²) in [5.41, 5.74) is 3.53. The van der Waals surface area contributed by atoms with Gasteiger partial charge in [0.2, 0.25) is 15.9 Å². The molecule has 0 bridgehead atoms. The van der Waals surface area contributed by atoms with Crippen molar-refractivity contribution in [2.75, 3.05) is 37.8 Å². The molecular weight excluding hydrogens is 492 g/mol. The van der Waals surface area contributed by atoms with Crippen molar-refractivity contribution < 1.29 is 22.7 Å². The lowest BCUT2D eigenvalue weighted by Gasteiger charge is -2.25. The van der Waals surface area contributed by atoms with Gasteiger partial charge in [0.25, 0.3) is 0 Å². The Hall–Kier alpha value is -3.40. The maximum atomic E-state index is 13.4. The van der Waals surface area contributed by atoms with Crippen molar-refractivity contribution in [2.24, 2.45) is 0 Å². The molecule has 0 aromatic heterocycles. The third-order valence-electron chi connectivity index (χ3n) is 6.45. The van der Waals surface area contributed by atoms with Crippen LogP contribution in [0.15, 0.2) is 30.3 Å². The smallest absolute Gasteiger partial charge is 0.231 e. The Labute approximate surface area is 219 Å². The zero-order valence-electron chi connectivity index (χ0n) is 22.6. The van der Waals surface area contributed by atoms with Crippen LogP contribution in [0.3, 0.4) is 0 Å². The number of hydrogen-bond acceptors (Lipinski definition) is 6. The molecule has 0 spiro atoms. The molecule has 2 aromatic carbocycles.